The Labute approximate surface area is 147 Å². The Hall–Kier alpha value is -2.12. The average Bonchev–Trinajstić information content (AvgIpc) is 2.58. The van der Waals surface area contributed by atoms with E-state index in [-0.39, 0.29) is 30.4 Å². The first kappa shape index (κ1) is 20.9. The van der Waals surface area contributed by atoms with Gasteiger partial charge < -0.3 is 15.2 Å². The molecule has 0 heterocycles. The lowest BCUT2D eigenvalue weighted by Crippen LogP contribution is -2.23. The van der Waals surface area contributed by atoms with Crippen LogP contribution in [0.25, 0.3) is 0 Å². The van der Waals surface area contributed by atoms with E-state index in [0.29, 0.717) is 18.4 Å². The monoisotopic (exact) mass is 353 g/mol. The molecule has 0 saturated heterocycles. The van der Waals surface area contributed by atoms with Crippen LogP contribution >= 0.6 is 0 Å². The Kier molecular flexibility index (Phi) is 10.3. The number of nitrogens with one attached hydrogen (secondary N) is 1. The Balaban J connectivity index is 2.24. The Morgan fingerprint density at radius 2 is 1.96 bits per heavy atom. The molecule has 0 spiro atoms. The number of rotatable bonds is 12. The number of phenols is 1. The third-order valence-electron chi connectivity index (χ3n) is 3.66. The lowest BCUT2D eigenvalue weighted by molar-refractivity contribution is -0.253. The molecule has 0 unspecified atom stereocenters. The quantitative estimate of drug-likeness (QED) is 0.231. The largest absolute Gasteiger partial charge is 0.508 e. The standard InChI is InChI=1S/C18H27NO6/c1-2-3-10-19-17(21)7-5-4-6-11-24-18(22)16-9-8-15(20)12-14(16)13-25-23/h8-9,12,20,23H,2-7,10-11,13H2,1H3,(H,19,21). The summed E-state index contributed by atoms with van der Waals surface area (Å²) in [5, 5.41) is 20.8. The van der Waals surface area contributed by atoms with Gasteiger partial charge in [0.15, 0.2) is 0 Å². The molecular weight excluding hydrogens is 326 g/mol. The number of hydrogen-bond donors (Lipinski definition) is 3. The molecule has 0 atom stereocenters. The molecule has 0 aliphatic rings. The lowest BCUT2D eigenvalue weighted by atomic mass is 10.1. The molecule has 25 heavy (non-hydrogen) atoms. The Morgan fingerprint density at radius 3 is 2.68 bits per heavy atom. The second kappa shape index (κ2) is 12.3. The zero-order chi connectivity index (χ0) is 18.5. The van der Waals surface area contributed by atoms with Crippen molar-refractivity contribution in [1.82, 2.24) is 5.32 Å². The number of hydrogen-bond acceptors (Lipinski definition) is 6. The van der Waals surface area contributed by atoms with Crippen molar-refractivity contribution in [3.05, 3.63) is 29.3 Å². The van der Waals surface area contributed by atoms with E-state index in [4.69, 9.17) is 9.99 Å². The molecule has 0 aliphatic heterocycles. The van der Waals surface area contributed by atoms with Gasteiger partial charge in [-0.2, -0.15) is 0 Å². The summed E-state index contributed by atoms with van der Waals surface area (Å²) < 4.78 is 5.18. The van der Waals surface area contributed by atoms with E-state index in [2.05, 4.69) is 17.1 Å². The summed E-state index contributed by atoms with van der Waals surface area (Å²) in [4.78, 5) is 27.6. The van der Waals surface area contributed by atoms with E-state index >= 15 is 0 Å². The number of phenolic OH excluding ortho intramolecular Hbond substituents is 1. The maximum Gasteiger partial charge on any atom is 0.338 e. The van der Waals surface area contributed by atoms with Gasteiger partial charge in [0.25, 0.3) is 0 Å². The van der Waals surface area contributed by atoms with Crippen molar-refractivity contribution in [2.75, 3.05) is 13.2 Å². The van der Waals surface area contributed by atoms with Crippen molar-refractivity contribution in [2.24, 2.45) is 0 Å². The minimum absolute atomic E-state index is 0.0270. The van der Waals surface area contributed by atoms with Crippen LogP contribution < -0.4 is 5.32 Å². The number of benzene rings is 1. The molecule has 0 radical (unpaired) electrons. The summed E-state index contributed by atoms with van der Waals surface area (Å²) >= 11 is 0. The van der Waals surface area contributed by atoms with Crippen molar-refractivity contribution in [3.8, 4) is 5.75 Å². The highest BCUT2D eigenvalue weighted by Crippen LogP contribution is 2.18. The summed E-state index contributed by atoms with van der Waals surface area (Å²) in [5.74, 6) is -0.506. The van der Waals surface area contributed by atoms with E-state index in [1.807, 2.05) is 0 Å². The third-order valence-corrected chi connectivity index (χ3v) is 3.66. The van der Waals surface area contributed by atoms with Crippen LogP contribution in [0.5, 0.6) is 5.75 Å². The highest BCUT2D eigenvalue weighted by molar-refractivity contribution is 5.91. The molecule has 140 valence electrons. The zero-order valence-electron chi connectivity index (χ0n) is 14.6. The maximum atomic E-state index is 12.0. The number of esters is 1. The second-order valence-corrected chi connectivity index (χ2v) is 5.76. The van der Waals surface area contributed by atoms with Crippen LogP contribution in [0.15, 0.2) is 18.2 Å². The summed E-state index contributed by atoms with van der Waals surface area (Å²) in [7, 11) is 0. The number of aromatic hydroxyl groups is 1. The van der Waals surface area contributed by atoms with E-state index < -0.39 is 5.97 Å². The van der Waals surface area contributed by atoms with Gasteiger partial charge in [0.2, 0.25) is 5.91 Å². The molecule has 0 aromatic heterocycles. The van der Waals surface area contributed by atoms with Crippen LogP contribution in [0.2, 0.25) is 0 Å². The fraction of sp³-hybridized carbons (Fsp3) is 0.556. The van der Waals surface area contributed by atoms with Crippen LogP contribution in [0, 0.1) is 0 Å². The topological polar surface area (TPSA) is 105 Å². The van der Waals surface area contributed by atoms with Gasteiger partial charge in [-0.1, -0.05) is 13.3 Å². The predicted molar refractivity (Wildman–Crippen MR) is 92.2 cm³/mol. The van der Waals surface area contributed by atoms with Crippen molar-refractivity contribution in [2.45, 2.75) is 52.1 Å². The summed E-state index contributed by atoms with van der Waals surface area (Å²) in [6.07, 6.45) is 4.72. The number of unbranched alkanes of at least 4 members (excludes halogenated alkanes) is 3. The number of amides is 1. The zero-order valence-corrected chi connectivity index (χ0v) is 14.6. The minimum atomic E-state index is -0.538. The van der Waals surface area contributed by atoms with Gasteiger partial charge >= 0.3 is 5.97 Å². The Bertz CT molecular complexity index is 546. The predicted octanol–water partition coefficient (Wildman–Crippen LogP) is 3.02. The molecule has 0 saturated carbocycles. The highest BCUT2D eigenvalue weighted by Gasteiger charge is 2.13. The van der Waals surface area contributed by atoms with Crippen molar-refractivity contribution in [3.63, 3.8) is 0 Å². The van der Waals surface area contributed by atoms with E-state index in [9.17, 15) is 14.7 Å². The number of ether oxygens (including phenoxy) is 1. The normalized spacial score (nSPS) is 10.5. The molecule has 1 aromatic carbocycles. The fourth-order valence-electron chi connectivity index (χ4n) is 2.27. The molecule has 7 nitrogen and oxygen atoms in total. The maximum absolute atomic E-state index is 12.0. The summed E-state index contributed by atoms with van der Waals surface area (Å²) in [5.41, 5.74) is 0.582. The van der Waals surface area contributed by atoms with Crippen LogP contribution in [-0.4, -0.2) is 35.4 Å². The van der Waals surface area contributed by atoms with Gasteiger partial charge in [-0.3, -0.25) is 10.1 Å². The van der Waals surface area contributed by atoms with Crippen LogP contribution in [0.1, 0.15) is 61.4 Å². The first-order chi connectivity index (χ1) is 12.1. The molecule has 1 amide bonds. The molecule has 0 bridgehead atoms. The van der Waals surface area contributed by atoms with Gasteiger partial charge in [-0.15, -0.1) is 0 Å². The van der Waals surface area contributed by atoms with Gasteiger partial charge in [0.05, 0.1) is 12.2 Å². The van der Waals surface area contributed by atoms with E-state index in [0.717, 1.165) is 32.2 Å². The lowest BCUT2D eigenvalue weighted by Gasteiger charge is -2.09. The van der Waals surface area contributed by atoms with Gasteiger partial charge in [-0.05, 0) is 49.4 Å². The van der Waals surface area contributed by atoms with Crippen molar-refractivity contribution in [1.29, 1.82) is 0 Å². The summed E-state index contributed by atoms with van der Waals surface area (Å²) in [6.45, 7) is 2.83. The van der Waals surface area contributed by atoms with Gasteiger partial charge in [0, 0.05) is 13.0 Å². The summed E-state index contributed by atoms with van der Waals surface area (Å²) in [6, 6.07) is 4.13. The molecule has 0 fully saturated rings. The van der Waals surface area contributed by atoms with Crippen molar-refractivity contribution >= 4 is 11.9 Å². The van der Waals surface area contributed by atoms with Crippen LogP contribution in [0.4, 0.5) is 0 Å². The molecule has 7 heteroatoms. The van der Waals surface area contributed by atoms with E-state index in [1.165, 1.54) is 18.2 Å². The molecule has 3 N–H and O–H groups in total. The highest BCUT2D eigenvalue weighted by atomic mass is 17.1. The van der Waals surface area contributed by atoms with E-state index in [1.54, 1.807) is 0 Å². The second-order valence-electron chi connectivity index (χ2n) is 5.76. The number of carbonyl (C=O) groups excluding carboxylic acids is 2. The average molecular weight is 353 g/mol. The first-order valence-electron chi connectivity index (χ1n) is 8.60. The van der Waals surface area contributed by atoms with Crippen LogP contribution in [0.3, 0.4) is 0 Å². The van der Waals surface area contributed by atoms with Gasteiger partial charge in [0.1, 0.15) is 12.4 Å². The van der Waals surface area contributed by atoms with Crippen LogP contribution in [-0.2, 0) is 21.0 Å². The van der Waals surface area contributed by atoms with Gasteiger partial charge in [-0.25, -0.2) is 9.68 Å². The molecule has 1 rings (SSSR count). The number of carbonyl (C=O) groups is 2. The molecular formula is C18H27NO6. The molecule has 0 aliphatic carbocycles. The minimum Gasteiger partial charge on any atom is -0.508 e. The molecule has 1 aromatic rings. The Morgan fingerprint density at radius 1 is 1.16 bits per heavy atom. The SMILES string of the molecule is CCCCNC(=O)CCCCCOC(=O)c1ccc(O)cc1COO. The fourth-order valence-corrected chi connectivity index (χ4v) is 2.27. The smallest absolute Gasteiger partial charge is 0.338 e. The van der Waals surface area contributed by atoms with Crippen molar-refractivity contribution < 1.29 is 29.6 Å². The third kappa shape index (κ3) is 8.51. The first-order valence-corrected chi connectivity index (χ1v) is 8.60.